The maximum atomic E-state index is 4.99. The van der Waals surface area contributed by atoms with Crippen molar-refractivity contribution in [3.05, 3.63) is 16.1 Å². The second kappa shape index (κ2) is 6.33. The summed E-state index contributed by atoms with van der Waals surface area (Å²) in [5.41, 5.74) is 1.31. The van der Waals surface area contributed by atoms with Gasteiger partial charge in [0, 0.05) is 31.1 Å². The van der Waals surface area contributed by atoms with Crippen LogP contribution in [0.15, 0.2) is 5.38 Å². The predicted molar refractivity (Wildman–Crippen MR) is 69.0 cm³/mol. The Bertz CT molecular complexity index is 304. The van der Waals surface area contributed by atoms with Crippen molar-refractivity contribution in [2.24, 2.45) is 0 Å². The van der Waals surface area contributed by atoms with E-state index in [1.165, 1.54) is 5.01 Å². The zero-order chi connectivity index (χ0) is 12.0. The first-order valence-electron chi connectivity index (χ1n) is 5.68. The van der Waals surface area contributed by atoms with Gasteiger partial charge in [-0.25, -0.2) is 4.98 Å². The molecule has 0 fully saturated rings. The number of methoxy groups -OCH3 is 1. The van der Waals surface area contributed by atoms with Gasteiger partial charge >= 0.3 is 0 Å². The lowest BCUT2D eigenvalue weighted by molar-refractivity contribution is 0.194. The van der Waals surface area contributed by atoms with E-state index < -0.39 is 0 Å². The second-order valence-corrected chi connectivity index (χ2v) is 5.78. The molecule has 0 aliphatic carbocycles. The molecule has 1 rings (SSSR count). The molecule has 0 aliphatic rings. The minimum Gasteiger partial charge on any atom is -0.385 e. The molecule has 0 aromatic carbocycles. The van der Waals surface area contributed by atoms with Gasteiger partial charge in [-0.2, -0.15) is 0 Å². The van der Waals surface area contributed by atoms with E-state index in [2.05, 4.69) is 36.5 Å². The molecule has 0 saturated heterocycles. The summed E-state index contributed by atoms with van der Waals surface area (Å²) >= 11 is 1.75. The van der Waals surface area contributed by atoms with E-state index in [1.54, 1.807) is 18.4 Å². The largest absolute Gasteiger partial charge is 0.385 e. The summed E-state index contributed by atoms with van der Waals surface area (Å²) in [6, 6.07) is 0. The first-order chi connectivity index (χ1) is 7.54. The van der Waals surface area contributed by atoms with Crippen LogP contribution in [0.1, 0.15) is 37.9 Å². The molecular formula is C12H22N2OS. The van der Waals surface area contributed by atoms with Crippen LogP contribution < -0.4 is 5.32 Å². The highest BCUT2D eigenvalue weighted by Gasteiger charge is 2.17. The molecule has 0 unspecified atom stereocenters. The summed E-state index contributed by atoms with van der Waals surface area (Å²) in [6.07, 6.45) is 1.05. The summed E-state index contributed by atoms with van der Waals surface area (Å²) in [4.78, 5) is 4.62. The molecule has 4 heteroatoms. The quantitative estimate of drug-likeness (QED) is 0.779. The van der Waals surface area contributed by atoms with Gasteiger partial charge < -0.3 is 10.1 Å². The molecule has 0 aliphatic heterocycles. The van der Waals surface area contributed by atoms with Crippen molar-refractivity contribution in [3.8, 4) is 0 Å². The molecule has 0 amide bonds. The Kier molecular flexibility index (Phi) is 5.38. The lowest BCUT2D eigenvalue weighted by Crippen LogP contribution is -2.17. The Hall–Kier alpha value is -0.450. The highest BCUT2D eigenvalue weighted by molar-refractivity contribution is 7.09. The molecule has 0 radical (unpaired) electrons. The molecule has 1 aromatic rings. The molecule has 0 bridgehead atoms. The molecule has 92 valence electrons. The maximum Gasteiger partial charge on any atom is 0.0982 e. The maximum absolute atomic E-state index is 4.99. The highest BCUT2D eigenvalue weighted by Crippen LogP contribution is 2.25. The number of nitrogens with zero attached hydrogens (tertiary/aromatic N) is 1. The normalized spacial score (nSPS) is 12.0. The summed E-state index contributed by atoms with van der Waals surface area (Å²) in [5, 5.41) is 6.72. The van der Waals surface area contributed by atoms with Gasteiger partial charge in [0.05, 0.1) is 10.7 Å². The van der Waals surface area contributed by atoms with Crippen LogP contribution in [0.4, 0.5) is 0 Å². The van der Waals surface area contributed by atoms with Gasteiger partial charge in [-0.1, -0.05) is 20.8 Å². The van der Waals surface area contributed by atoms with Crippen LogP contribution in [0.2, 0.25) is 0 Å². The third kappa shape index (κ3) is 4.60. The van der Waals surface area contributed by atoms with Crippen molar-refractivity contribution < 1.29 is 4.74 Å². The molecule has 1 N–H and O–H groups in total. The van der Waals surface area contributed by atoms with E-state index in [9.17, 15) is 0 Å². The van der Waals surface area contributed by atoms with Gasteiger partial charge in [-0.3, -0.25) is 0 Å². The molecule has 0 spiro atoms. The third-order valence-corrected chi connectivity index (χ3v) is 3.52. The minimum absolute atomic E-state index is 0.166. The zero-order valence-electron chi connectivity index (χ0n) is 10.7. The Labute approximate surface area is 102 Å². The van der Waals surface area contributed by atoms with Crippen LogP contribution in [0.25, 0.3) is 0 Å². The van der Waals surface area contributed by atoms with Crippen LogP contribution in [-0.4, -0.2) is 25.2 Å². The van der Waals surface area contributed by atoms with Crippen molar-refractivity contribution in [2.45, 2.75) is 39.2 Å². The highest BCUT2D eigenvalue weighted by atomic mass is 32.1. The average molecular weight is 242 g/mol. The summed E-state index contributed by atoms with van der Waals surface area (Å²) in [7, 11) is 1.73. The molecule has 3 nitrogen and oxygen atoms in total. The van der Waals surface area contributed by atoms with Gasteiger partial charge in [0.2, 0.25) is 0 Å². The van der Waals surface area contributed by atoms with E-state index in [1.807, 2.05) is 0 Å². The van der Waals surface area contributed by atoms with Gasteiger partial charge in [0.25, 0.3) is 0 Å². The monoisotopic (exact) mass is 242 g/mol. The van der Waals surface area contributed by atoms with Crippen LogP contribution >= 0.6 is 11.3 Å². The lowest BCUT2D eigenvalue weighted by atomic mass is 9.98. The van der Waals surface area contributed by atoms with E-state index in [4.69, 9.17) is 4.74 Å². The average Bonchev–Trinajstić information content (AvgIpc) is 2.65. The number of thiazole rings is 1. The Morgan fingerprint density at radius 1 is 1.44 bits per heavy atom. The number of nitrogens with one attached hydrogen (secondary N) is 1. The first-order valence-corrected chi connectivity index (χ1v) is 6.56. The van der Waals surface area contributed by atoms with Crippen molar-refractivity contribution in [3.63, 3.8) is 0 Å². The molecule has 1 aromatic heterocycles. The van der Waals surface area contributed by atoms with Gasteiger partial charge in [-0.15, -0.1) is 11.3 Å². The van der Waals surface area contributed by atoms with Crippen molar-refractivity contribution >= 4 is 11.3 Å². The fraction of sp³-hybridized carbons (Fsp3) is 0.750. The Morgan fingerprint density at radius 2 is 2.19 bits per heavy atom. The second-order valence-electron chi connectivity index (χ2n) is 4.92. The van der Waals surface area contributed by atoms with Crippen molar-refractivity contribution in [1.29, 1.82) is 0 Å². The number of ether oxygens (including phenoxy) is 1. The van der Waals surface area contributed by atoms with Crippen LogP contribution in [0.3, 0.4) is 0 Å². The Morgan fingerprint density at radius 3 is 2.75 bits per heavy atom. The van der Waals surface area contributed by atoms with Crippen molar-refractivity contribution in [2.75, 3.05) is 20.3 Å². The fourth-order valence-electron chi connectivity index (χ4n) is 1.29. The van der Waals surface area contributed by atoms with Crippen molar-refractivity contribution in [1.82, 2.24) is 10.3 Å². The topological polar surface area (TPSA) is 34.1 Å². The van der Waals surface area contributed by atoms with Gasteiger partial charge in [-0.05, 0) is 13.0 Å². The number of hydrogen-bond donors (Lipinski definition) is 1. The molecule has 16 heavy (non-hydrogen) atoms. The Balaban J connectivity index is 2.30. The summed E-state index contributed by atoms with van der Waals surface area (Å²) < 4.78 is 4.99. The van der Waals surface area contributed by atoms with E-state index in [-0.39, 0.29) is 5.41 Å². The zero-order valence-corrected chi connectivity index (χ0v) is 11.5. The molecular weight excluding hydrogens is 220 g/mol. The van der Waals surface area contributed by atoms with Gasteiger partial charge in [0.1, 0.15) is 0 Å². The summed E-state index contributed by atoms with van der Waals surface area (Å²) in [5.74, 6) is 0. The predicted octanol–water partition coefficient (Wildman–Crippen LogP) is 2.57. The molecule has 1 heterocycles. The van der Waals surface area contributed by atoms with Crippen LogP contribution in [-0.2, 0) is 16.7 Å². The standard InChI is InChI=1S/C12H22N2OS/c1-12(2,3)11-14-10(9-16-11)8-13-6-5-7-15-4/h9,13H,5-8H2,1-4H3. The SMILES string of the molecule is COCCCNCc1csc(C(C)(C)C)n1. The number of hydrogen-bond acceptors (Lipinski definition) is 4. The fourth-order valence-corrected chi connectivity index (χ4v) is 2.20. The summed E-state index contributed by atoms with van der Waals surface area (Å²) in [6.45, 7) is 9.24. The smallest absolute Gasteiger partial charge is 0.0982 e. The van der Waals surface area contributed by atoms with E-state index in [0.717, 1.165) is 31.8 Å². The lowest BCUT2D eigenvalue weighted by Gasteiger charge is -2.13. The molecule has 0 saturated carbocycles. The van der Waals surface area contributed by atoms with E-state index in [0.29, 0.717) is 0 Å². The van der Waals surface area contributed by atoms with E-state index >= 15 is 0 Å². The molecule has 0 atom stereocenters. The first kappa shape index (κ1) is 13.6. The number of aromatic nitrogens is 1. The van der Waals surface area contributed by atoms with Gasteiger partial charge in [0.15, 0.2) is 0 Å². The minimum atomic E-state index is 0.166. The van der Waals surface area contributed by atoms with Crippen LogP contribution in [0, 0.1) is 0 Å². The van der Waals surface area contributed by atoms with Crippen LogP contribution in [0.5, 0.6) is 0 Å². The third-order valence-electron chi connectivity index (χ3n) is 2.20. The number of rotatable bonds is 6.